The van der Waals surface area contributed by atoms with Crippen LogP contribution in [0.5, 0.6) is 5.75 Å². The predicted octanol–water partition coefficient (Wildman–Crippen LogP) is 4.27. The molecule has 0 saturated carbocycles. The predicted molar refractivity (Wildman–Crippen MR) is 113 cm³/mol. The molecule has 1 unspecified atom stereocenters. The van der Waals surface area contributed by atoms with E-state index in [-0.39, 0.29) is 12.1 Å². The van der Waals surface area contributed by atoms with Crippen LogP contribution in [0.15, 0.2) is 48.5 Å². The van der Waals surface area contributed by atoms with E-state index in [9.17, 15) is 4.79 Å². The van der Waals surface area contributed by atoms with Crippen molar-refractivity contribution in [1.29, 1.82) is 0 Å². The molecule has 0 saturated heterocycles. The molecule has 2 aromatic carbocycles. The van der Waals surface area contributed by atoms with Gasteiger partial charge in [0.05, 0.1) is 18.8 Å². The van der Waals surface area contributed by atoms with E-state index in [1.165, 1.54) is 5.69 Å². The summed E-state index contributed by atoms with van der Waals surface area (Å²) in [5.41, 5.74) is 3.44. The molecule has 1 atom stereocenters. The molecule has 0 amide bonds. The Hall–Kier alpha value is -2.69. The molecular weight excluding hydrogens is 352 g/mol. The molecule has 0 spiro atoms. The van der Waals surface area contributed by atoms with Crippen LogP contribution in [0.2, 0.25) is 0 Å². The van der Waals surface area contributed by atoms with Crippen LogP contribution in [0.3, 0.4) is 0 Å². The molecule has 1 heterocycles. The zero-order valence-corrected chi connectivity index (χ0v) is 16.8. The lowest BCUT2D eigenvalue weighted by atomic mass is 10.1. The summed E-state index contributed by atoms with van der Waals surface area (Å²) in [6.45, 7) is 7.22. The summed E-state index contributed by atoms with van der Waals surface area (Å²) in [7, 11) is 0. The highest BCUT2D eigenvalue weighted by molar-refractivity contribution is 5.69. The van der Waals surface area contributed by atoms with Crippen molar-refractivity contribution in [3.8, 4) is 5.75 Å². The third-order valence-electron chi connectivity index (χ3n) is 4.82. The molecular formula is C23H30N2O3. The summed E-state index contributed by atoms with van der Waals surface area (Å²) in [6.07, 6.45) is 2.41. The van der Waals surface area contributed by atoms with Crippen molar-refractivity contribution >= 4 is 17.3 Å². The van der Waals surface area contributed by atoms with Gasteiger partial charge in [-0.1, -0.05) is 24.3 Å². The Morgan fingerprint density at radius 2 is 2.00 bits per heavy atom. The summed E-state index contributed by atoms with van der Waals surface area (Å²) in [5.74, 6) is 0.844. The summed E-state index contributed by atoms with van der Waals surface area (Å²) in [5, 5.41) is 3.48. The van der Waals surface area contributed by atoms with Crippen molar-refractivity contribution in [3.05, 3.63) is 54.1 Å². The minimum Gasteiger partial charge on any atom is -0.487 e. The quantitative estimate of drug-likeness (QED) is 0.518. The zero-order valence-electron chi connectivity index (χ0n) is 16.8. The highest BCUT2D eigenvalue weighted by Crippen LogP contribution is 2.32. The number of carbonyl (C=O) groups is 1. The Kier molecular flexibility index (Phi) is 7.18. The number of carbonyl (C=O) groups excluding carboxylic acids is 1. The lowest BCUT2D eigenvalue weighted by Gasteiger charge is -2.35. The largest absolute Gasteiger partial charge is 0.487 e. The molecule has 3 rings (SSSR count). The molecule has 0 radical (unpaired) electrons. The van der Waals surface area contributed by atoms with Gasteiger partial charge in [-0.3, -0.25) is 4.79 Å². The fraction of sp³-hybridized carbons (Fsp3) is 0.435. The van der Waals surface area contributed by atoms with Crippen LogP contribution in [-0.2, 0) is 16.0 Å². The van der Waals surface area contributed by atoms with Crippen molar-refractivity contribution in [2.75, 3.05) is 36.5 Å². The Morgan fingerprint density at radius 1 is 1.21 bits per heavy atom. The molecule has 5 heteroatoms. The van der Waals surface area contributed by atoms with Gasteiger partial charge in [-0.25, -0.2) is 0 Å². The third kappa shape index (κ3) is 5.65. The maximum Gasteiger partial charge on any atom is 0.306 e. The number of hydrogen-bond donors (Lipinski definition) is 1. The number of aryl methyl sites for hydroxylation is 1. The van der Waals surface area contributed by atoms with Gasteiger partial charge in [-0.15, -0.1) is 0 Å². The second kappa shape index (κ2) is 10.0. The second-order valence-corrected chi connectivity index (χ2v) is 7.12. The fourth-order valence-electron chi connectivity index (χ4n) is 3.46. The summed E-state index contributed by atoms with van der Waals surface area (Å²) >= 11 is 0. The molecule has 1 aliphatic heterocycles. The lowest BCUT2D eigenvalue weighted by molar-refractivity contribution is -0.143. The van der Waals surface area contributed by atoms with Gasteiger partial charge < -0.3 is 19.7 Å². The van der Waals surface area contributed by atoms with Crippen molar-refractivity contribution in [1.82, 2.24) is 0 Å². The Balaban J connectivity index is 1.41. The summed E-state index contributed by atoms with van der Waals surface area (Å²) < 4.78 is 10.9. The molecule has 0 aliphatic carbocycles. The average Bonchev–Trinajstić information content (AvgIpc) is 2.70. The van der Waals surface area contributed by atoms with Gasteiger partial charge >= 0.3 is 5.97 Å². The second-order valence-electron chi connectivity index (χ2n) is 7.12. The minimum absolute atomic E-state index is 0.135. The Bertz CT molecular complexity index is 761. The van der Waals surface area contributed by atoms with E-state index >= 15 is 0 Å². The van der Waals surface area contributed by atoms with Gasteiger partial charge in [0.25, 0.3) is 0 Å². The van der Waals surface area contributed by atoms with E-state index in [4.69, 9.17) is 9.47 Å². The third-order valence-corrected chi connectivity index (χ3v) is 4.82. The molecule has 1 N–H and O–H groups in total. The van der Waals surface area contributed by atoms with E-state index < -0.39 is 0 Å². The molecule has 2 aromatic rings. The summed E-state index contributed by atoms with van der Waals surface area (Å²) in [6, 6.07) is 16.5. The van der Waals surface area contributed by atoms with Gasteiger partial charge in [-0.05, 0) is 56.5 Å². The average molecular weight is 383 g/mol. The van der Waals surface area contributed by atoms with Crippen LogP contribution >= 0.6 is 0 Å². The number of hydrogen-bond acceptors (Lipinski definition) is 5. The number of nitrogens with zero attached hydrogens (tertiary/aromatic N) is 1. The first-order chi connectivity index (χ1) is 13.7. The van der Waals surface area contributed by atoms with Crippen molar-refractivity contribution < 1.29 is 14.3 Å². The standard InChI is InChI=1S/C23H30N2O3/c1-3-27-23(26)14-11-19-9-12-20(13-10-19)24-15-6-16-25-17-18(2)28-22-8-5-4-7-21(22)25/h4-5,7-10,12-13,18,24H,3,6,11,14-17H2,1-2H3. The number of fused-ring (bicyclic) bond motifs is 1. The van der Waals surface area contributed by atoms with E-state index in [1.807, 2.05) is 19.1 Å². The van der Waals surface area contributed by atoms with Gasteiger partial charge in [0.15, 0.2) is 0 Å². The molecule has 0 aromatic heterocycles. The van der Waals surface area contributed by atoms with Crippen LogP contribution in [0, 0.1) is 0 Å². The van der Waals surface area contributed by atoms with Crippen LogP contribution in [0.1, 0.15) is 32.3 Å². The number of para-hydroxylation sites is 2. The first kappa shape index (κ1) is 20.1. The van der Waals surface area contributed by atoms with Crippen LogP contribution < -0.4 is 15.0 Å². The smallest absolute Gasteiger partial charge is 0.306 e. The van der Waals surface area contributed by atoms with Gasteiger partial charge in [0, 0.05) is 25.2 Å². The van der Waals surface area contributed by atoms with Crippen LogP contribution in [0.4, 0.5) is 11.4 Å². The first-order valence-corrected chi connectivity index (χ1v) is 10.1. The molecule has 28 heavy (non-hydrogen) atoms. The fourth-order valence-corrected chi connectivity index (χ4v) is 3.46. The summed E-state index contributed by atoms with van der Waals surface area (Å²) in [4.78, 5) is 13.8. The first-order valence-electron chi connectivity index (χ1n) is 10.1. The number of benzene rings is 2. The number of esters is 1. The monoisotopic (exact) mass is 382 g/mol. The SMILES string of the molecule is CCOC(=O)CCc1ccc(NCCCN2CC(C)Oc3ccccc32)cc1. The van der Waals surface area contributed by atoms with E-state index in [0.717, 1.165) is 43.1 Å². The lowest BCUT2D eigenvalue weighted by Crippen LogP contribution is -2.39. The van der Waals surface area contributed by atoms with E-state index in [0.29, 0.717) is 19.4 Å². The minimum atomic E-state index is -0.135. The Morgan fingerprint density at radius 3 is 2.79 bits per heavy atom. The zero-order chi connectivity index (χ0) is 19.8. The number of ether oxygens (including phenoxy) is 2. The van der Waals surface area contributed by atoms with Crippen molar-refractivity contribution in [3.63, 3.8) is 0 Å². The van der Waals surface area contributed by atoms with Gasteiger partial charge in [0.2, 0.25) is 0 Å². The Labute approximate surface area is 167 Å². The van der Waals surface area contributed by atoms with Crippen LogP contribution in [0.25, 0.3) is 0 Å². The molecule has 0 fully saturated rings. The highest BCUT2D eigenvalue weighted by Gasteiger charge is 2.21. The number of rotatable bonds is 9. The maximum absolute atomic E-state index is 11.4. The number of anilines is 2. The topological polar surface area (TPSA) is 50.8 Å². The van der Waals surface area contributed by atoms with E-state index in [1.54, 1.807) is 0 Å². The van der Waals surface area contributed by atoms with Gasteiger partial charge in [0.1, 0.15) is 11.9 Å². The molecule has 150 valence electrons. The van der Waals surface area contributed by atoms with Gasteiger partial charge in [-0.2, -0.15) is 0 Å². The molecule has 5 nitrogen and oxygen atoms in total. The van der Waals surface area contributed by atoms with Crippen molar-refractivity contribution in [2.24, 2.45) is 0 Å². The van der Waals surface area contributed by atoms with E-state index in [2.05, 4.69) is 53.5 Å². The number of nitrogens with one attached hydrogen (secondary N) is 1. The normalized spacial score (nSPS) is 15.5. The van der Waals surface area contributed by atoms with Crippen LogP contribution in [-0.4, -0.2) is 38.3 Å². The highest BCUT2D eigenvalue weighted by atomic mass is 16.5. The molecule has 0 bridgehead atoms. The maximum atomic E-state index is 11.4. The molecule has 1 aliphatic rings. The van der Waals surface area contributed by atoms with Crippen molar-refractivity contribution in [2.45, 2.75) is 39.2 Å².